The lowest BCUT2D eigenvalue weighted by atomic mass is 9.94. The number of rotatable bonds is 2. The van der Waals surface area contributed by atoms with Crippen LogP contribution in [0.4, 0.5) is 18.9 Å². The van der Waals surface area contributed by atoms with Crippen LogP contribution in [0.25, 0.3) is 10.9 Å². The summed E-state index contributed by atoms with van der Waals surface area (Å²) >= 11 is 0. The first-order chi connectivity index (χ1) is 11.9. The number of anilines is 1. The quantitative estimate of drug-likeness (QED) is 0.683. The van der Waals surface area contributed by atoms with E-state index in [9.17, 15) is 13.2 Å². The van der Waals surface area contributed by atoms with E-state index in [-0.39, 0.29) is 0 Å². The van der Waals surface area contributed by atoms with Gasteiger partial charge in [0.05, 0.1) is 11.1 Å². The van der Waals surface area contributed by atoms with E-state index in [2.05, 4.69) is 14.9 Å². The standard InChI is InChI=1S/C19H16F3N3/c1-12-8-18(25-10-13(11-25)16-4-2-3-7-23-16)15-9-14(19(20,21)22)5-6-17(15)24-12/h2-9,13H,10-11H2,1H3. The first-order valence-electron chi connectivity index (χ1n) is 8.06. The third-order valence-corrected chi connectivity index (χ3v) is 4.57. The summed E-state index contributed by atoms with van der Waals surface area (Å²) < 4.78 is 39.2. The van der Waals surface area contributed by atoms with Gasteiger partial charge >= 0.3 is 6.18 Å². The molecule has 1 aromatic carbocycles. The topological polar surface area (TPSA) is 29.0 Å². The van der Waals surface area contributed by atoms with E-state index in [1.807, 2.05) is 31.2 Å². The van der Waals surface area contributed by atoms with Gasteiger partial charge in [-0.1, -0.05) is 6.07 Å². The number of benzene rings is 1. The molecule has 1 fully saturated rings. The molecule has 6 heteroatoms. The summed E-state index contributed by atoms with van der Waals surface area (Å²) in [5.74, 6) is 0.301. The highest BCUT2D eigenvalue weighted by atomic mass is 19.4. The van der Waals surface area contributed by atoms with Gasteiger partial charge in [-0.15, -0.1) is 0 Å². The Morgan fingerprint density at radius 2 is 1.88 bits per heavy atom. The Kier molecular flexibility index (Phi) is 3.63. The molecule has 1 saturated heterocycles. The third-order valence-electron chi connectivity index (χ3n) is 4.57. The van der Waals surface area contributed by atoms with Gasteiger partial charge in [0.25, 0.3) is 0 Å². The van der Waals surface area contributed by atoms with Crippen LogP contribution in [-0.4, -0.2) is 23.1 Å². The van der Waals surface area contributed by atoms with Crippen molar-refractivity contribution in [1.29, 1.82) is 0 Å². The lowest BCUT2D eigenvalue weighted by Gasteiger charge is -2.41. The summed E-state index contributed by atoms with van der Waals surface area (Å²) in [6.45, 7) is 3.34. The molecule has 0 radical (unpaired) electrons. The maximum atomic E-state index is 13.1. The molecule has 1 aliphatic rings. The molecule has 3 heterocycles. The molecular weight excluding hydrogens is 327 g/mol. The number of hydrogen-bond acceptors (Lipinski definition) is 3. The number of nitrogens with zero attached hydrogens (tertiary/aromatic N) is 3. The number of pyridine rings is 2. The minimum absolute atomic E-state index is 0.301. The van der Waals surface area contributed by atoms with Crippen molar-refractivity contribution in [2.45, 2.75) is 19.0 Å². The highest BCUT2D eigenvalue weighted by Gasteiger charge is 2.33. The van der Waals surface area contributed by atoms with Crippen LogP contribution in [0.15, 0.2) is 48.7 Å². The molecule has 0 amide bonds. The van der Waals surface area contributed by atoms with Gasteiger partial charge in [0.15, 0.2) is 0 Å². The van der Waals surface area contributed by atoms with E-state index >= 15 is 0 Å². The second kappa shape index (κ2) is 5.72. The maximum Gasteiger partial charge on any atom is 0.416 e. The lowest BCUT2D eigenvalue weighted by Crippen LogP contribution is -2.45. The van der Waals surface area contributed by atoms with Gasteiger partial charge in [0.1, 0.15) is 0 Å². The van der Waals surface area contributed by atoms with Gasteiger partial charge in [-0.2, -0.15) is 13.2 Å². The van der Waals surface area contributed by atoms with Crippen LogP contribution < -0.4 is 4.90 Å². The van der Waals surface area contributed by atoms with Crippen molar-refractivity contribution in [1.82, 2.24) is 9.97 Å². The van der Waals surface area contributed by atoms with Gasteiger partial charge in [0, 0.05) is 47.7 Å². The Labute approximate surface area is 143 Å². The number of hydrogen-bond donors (Lipinski definition) is 0. The molecule has 0 aliphatic carbocycles. The van der Waals surface area contributed by atoms with Crippen LogP contribution in [0.1, 0.15) is 22.9 Å². The van der Waals surface area contributed by atoms with Crippen LogP contribution in [0.5, 0.6) is 0 Å². The molecule has 0 saturated carbocycles. The van der Waals surface area contributed by atoms with Crippen LogP contribution >= 0.6 is 0 Å². The highest BCUT2D eigenvalue weighted by molar-refractivity contribution is 5.93. The summed E-state index contributed by atoms with van der Waals surface area (Å²) in [6.07, 6.45) is -2.60. The fraction of sp³-hybridized carbons (Fsp3) is 0.263. The number of fused-ring (bicyclic) bond motifs is 1. The highest BCUT2D eigenvalue weighted by Crippen LogP contribution is 2.38. The molecule has 2 aromatic heterocycles. The Hall–Kier alpha value is -2.63. The van der Waals surface area contributed by atoms with Crippen LogP contribution in [0.3, 0.4) is 0 Å². The average Bonchev–Trinajstić information content (AvgIpc) is 2.53. The fourth-order valence-corrected chi connectivity index (χ4v) is 3.25. The molecule has 3 nitrogen and oxygen atoms in total. The van der Waals surface area contributed by atoms with Crippen molar-refractivity contribution in [2.75, 3.05) is 18.0 Å². The molecule has 0 N–H and O–H groups in total. The van der Waals surface area contributed by atoms with Gasteiger partial charge in [0.2, 0.25) is 0 Å². The molecule has 4 rings (SSSR count). The number of alkyl halides is 3. The normalized spacial score (nSPS) is 15.4. The molecule has 1 aliphatic heterocycles. The predicted octanol–water partition coefficient (Wildman–Crippen LogP) is 4.56. The van der Waals surface area contributed by atoms with Crippen molar-refractivity contribution in [3.05, 3.63) is 65.6 Å². The van der Waals surface area contributed by atoms with Crippen molar-refractivity contribution in [3.8, 4) is 0 Å². The molecule has 0 unspecified atom stereocenters. The van der Waals surface area contributed by atoms with Gasteiger partial charge in [-0.05, 0) is 43.3 Å². The fourth-order valence-electron chi connectivity index (χ4n) is 3.25. The molecule has 25 heavy (non-hydrogen) atoms. The molecule has 0 spiro atoms. The summed E-state index contributed by atoms with van der Waals surface area (Å²) in [4.78, 5) is 10.8. The summed E-state index contributed by atoms with van der Waals surface area (Å²) in [5.41, 5.74) is 2.56. The first kappa shape index (κ1) is 15.9. The van der Waals surface area contributed by atoms with Gasteiger partial charge in [-0.3, -0.25) is 9.97 Å². The van der Waals surface area contributed by atoms with E-state index < -0.39 is 11.7 Å². The second-order valence-electron chi connectivity index (χ2n) is 6.37. The number of aryl methyl sites for hydroxylation is 1. The zero-order valence-corrected chi connectivity index (χ0v) is 13.6. The Bertz CT molecular complexity index is 916. The third kappa shape index (κ3) is 2.92. The van der Waals surface area contributed by atoms with Crippen molar-refractivity contribution in [2.24, 2.45) is 0 Å². The van der Waals surface area contributed by atoms with Crippen molar-refractivity contribution >= 4 is 16.6 Å². The zero-order chi connectivity index (χ0) is 17.6. The summed E-state index contributed by atoms with van der Waals surface area (Å²) in [7, 11) is 0. The predicted molar refractivity (Wildman–Crippen MR) is 90.7 cm³/mol. The lowest BCUT2D eigenvalue weighted by molar-refractivity contribution is -0.137. The number of halogens is 3. The molecule has 128 valence electrons. The summed E-state index contributed by atoms with van der Waals surface area (Å²) in [6, 6.07) is 11.4. The minimum Gasteiger partial charge on any atom is -0.369 e. The maximum absolute atomic E-state index is 13.1. The molecular formula is C19H16F3N3. The Morgan fingerprint density at radius 1 is 1.08 bits per heavy atom. The molecule has 3 aromatic rings. The monoisotopic (exact) mass is 343 g/mol. The van der Waals surface area contributed by atoms with Crippen molar-refractivity contribution in [3.63, 3.8) is 0 Å². The SMILES string of the molecule is Cc1cc(N2CC(c3ccccn3)C2)c2cc(C(F)(F)F)ccc2n1. The van der Waals surface area contributed by atoms with Gasteiger partial charge in [-0.25, -0.2) is 0 Å². The zero-order valence-electron chi connectivity index (χ0n) is 13.6. The van der Waals surface area contributed by atoms with Gasteiger partial charge < -0.3 is 4.90 Å². The van der Waals surface area contributed by atoms with E-state index in [1.54, 1.807) is 6.20 Å². The largest absolute Gasteiger partial charge is 0.416 e. The molecule has 0 atom stereocenters. The second-order valence-corrected chi connectivity index (χ2v) is 6.37. The van der Waals surface area contributed by atoms with E-state index in [4.69, 9.17) is 0 Å². The van der Waals surface area contributed by atoms with E-state index in [1.165, 1.54) is 12.1 Å². The van der Waals surface area contributed by atoms with Crippen LogP contribution in [-0.2, 0) is 6.18 Å². The van der Waals surface area contributed by atoms with E-state index in [0.29, 0.717) is 16.8 Å². The number of aromatic nitrogens is 2. The Morgan fingerprint density at radius 3 is 2.56 bits per heavy atom. The van der Waals surface area contributed by atoms with Crippen LogP contribution in [0, 0.1) is 6.92 Å². The van der Waals surface area contributed by atoms with Crippen molar-refractivity contribution < 1.29 is 13.2 Å². The first-order valence-corrected chi connectivity index (χ1v) is 8.06. The molecule has 0 bridgehead atoms. The Balaban J connectivity index is 1.70. The average molecular weight is 343 g/mol. The minimum atomic E-state index is -4.36. The van der Waals surface area contributed by atoms with E-state index in [0.717, 1.165) is 36.2 Å². The smallest absolute Gasteiger partial charge is 0.369 e. The summed E-state index contributed by atoms with van der Waals surface area (Å²) in [5, 5.41) is 0.542. The van der Waals surface area contributed by atoms with Crippen LogP contribution in [0.2, 0.25) is 0 Å².